The first-order chi connectivity index (χ1) is 20.7. The van der Waals surface area contributed by atoms with E-state index in [2.05, 4.69) is 19.9 Å². The second kappa shape index (κ2) is 12.0. The third-order valence-electron chi connectivity index (χ3n) is 6.87. The molecule has 6 heterocycles. The van der Waals surface area contributed by atoms with Crippen LogP contribution in [0.4, 0.5) is 11.9 Å². The van der Waals surface area contributed by atoms with E-state index in [4.69, 9.17) is 40.6 Å². The quantitative estimate of drug-likeness (QED) is 0.0889. The fourth-order valence-corrected chi connectivity index (χ4v) is 5.15. The molecule has 13 N–H and O–H groups in total. The van der Waals surface area contributed by atoms with Crippen LogP contribution >= 0.6 is 7.60 Å². The predicted molar refractivity (Wildman–Crippen MR) is 146 cm³/mol. The number of hydrogen-bond acceptors (Lipinski definition) is 15. The number of ether oxygens (including phenoxy) is 3. The molecule has 0 bridgehead atoms. The number of aliphatic hydroxyl groups excluding tert-OH is 5. The van der Waals surface area contributed by atoms with Crippen molar-refractivity contribution in [3.05, 3.63) is 45.2 Å². The lowest BCUT2D eigenvalue weighted by molar-refractivity contribution is -0.167. The molecule has 8 atom stereocenters. The SMILES string of the molecule is Nc1nc2c(ccn2[C@@H]2O[C@H](CO)C(O)[C@@H]2O)c(=O)[nH]1.Nc1nc2c(ccn2[C@@H]2O[C@H](OCP(=O)(O)O)C(O)[C@@H]2O)c(=O)[nH]1. The van der Waals surface area contributed by atoms with Crippen molar-refractivity contribution in [3.63, 3.8) is 0 Å². The van der Waals surface area contributed by atoms with Gasteiger partial charge in [0.1, 0.15) is 30.5 Å². The molecule has 0 radical (unpaired) electrons. The number of nitrogens with one attached hydrogen (secondary N) is 2. The number of H-pyrrole nitrogens is 2. The Morgan fingerprint density at radius 1 is 0.841 bits per heavy atom. The lowest BCUT2D eigenvalue weighted by atomic mass is 10.1. The minimum absolute atomic E-state index is 0.0609. The van der Waals surface area contributed by atoms with E-state index in [-0.39, 0.29) is 34.0 Å². The zero-order valence-corrected chi connectivity index (χ0v) is 23.2. The van der Waals surface area contributed by atoms with Gasteiger partial charge in [-0.25, -0.2) is 0 Å². The van der Waals surface area contributed by atoms with Gasteiger partial charge in [0.2, 0.25) is 11.9 Å². The molecule has 240 valence electrons. The molecule has 0 saturated carbocycles. The summed E-state index contributed by atoms with van der Waals surface area (Å²) >= 11 is 0. The molecule has 2 aliphatic heterocycles. The van der Waals surface area contributed by atoms with Crippen molar-refractivity contribution in [1.29, 1.82) is 0 Å². The van der Waals surface area contributed by atoms with Crippen LogP contribution in [0.5, 0.6) is 0 Å². The summed E-state index contributed by atoms with van der Waals surface area (Å²) in [5.41, 5.74) is 10.4. The van der Waals surface area contributed by atoms with Crippen molar-refractivity contribution >= 4 is 41.6 Å². The molecule has 2 unspecified atom stereocenters. The molecule has 22 heteroatoms. The van der Waals surface area contributed by atoms with Crippen LogP contribution in [0.3, 0.4) is 0 Å². The van der Waals surface area contributed by atoms with Crippen LogP contribution in [0.25, 0.3) is 22.1 Å². The number of nitrogen functional groups attached to an aromatic ring is 2. The van der Waals surface area contributed by atoms with Crippen molar-refractivity contribution in [1.82, 2.24) is 29.1 Å². The summed E-state index contributed by atoms with van der Waals surface area (Å²) in [4.78, 5) is 53.8. The number of fused-ring (bicyclic) bond motifs is 2. The summed E-state index contributed by atoms with van der Waals surface area (Å²) in [6.07, 6.45) is -8.08. The van der Waals surface area contributed by atoms with Crippen LogP contribution in [0.2, 0.25) is 0 Å². The Bertz CT molecular complexity index is 1820. The van der Waals surface area contributed by atoms with Crippen molar-refractivity contribution in [2.24, 2.45) is 0 Å². The average Bonchev–Trinajstić information content (AvgIpc) is 3.69. The first-order valence-corrected chi connectivity index (χ1v) is 14.5. The maximum Gasteiger partial charge on any atom is 0.351 e. The second-order valence-electron chi connectivity index (χ2n) is 9.89. The molecule has 21 nitrogen and oxygen atoms in total. The minimum atomic E-state index is -4.47. The Kier molecular flexibility index (Phi) is 8.63. The number of aliphatic hydroxyl groups is 5. The van der Waals surface area contributed by atoms with Crippen LogP contribution in [-0.2, 0) is 18.8 Å². The van der Waals surface area contributed by atoms with E-state index in [1.165, 1.54) is 33.7 Å². The van der Waals surface area contributed by atoms with E-state index in [9.17, 15) is 34.6 Å². The van der Waals surface area contributed by atoms with Gasteiger partial charge >= 0.3 is 7.60 Å². The Hall–Kier alpha value is -3.73. The highest BCUT2D eigenvalue weighted by atomic mass is 31.2. The van der Waals surface area contributed by atoms with Gasteiger partial charge in [0.05, 0.1) is 17.4 Å². The van der Waals surface area contributed by atoms with E-state index in [0.717, 1.165) is 0 Å². The van der Waals surface area contributed by atoms with Crippen LogP contribution in [0.1, 0.15) is 12.5 Å². The van der Waals surface area contributed by atoms with Gasteiger partial charge in [-0.1, -0.05) is 0 Å². The van der Waals surface area contributed by atoms with Gasteiger partial charge < -0.3 is 70.1 Å². The zero-order chi connectivity index (χ0) is 32.1. The molecular formula is C22H29N8O13P. The first kappa shape index (κ1) is 31.7. The summed E-state index contributed by atoms with van der Waals surface area (Å²) in [5, 5.41) is 49.3. The molecule has 0 aliphatic carbocycles. The van der Waals surface area contributed by atoms with Gasteiger partial charge in [0, 0.05) is 12.4 Å². The smallest absolute Gasteiger partial charge is 0.351 e. The number of nitrogens with two attached hydrogens (primary N) is 2. The van der Waals surface area contributed by atoms with Crippen LogP contribution in [0.15, 0.2) is 34.1 Å². The normalized spacial score (nSPS) is 28.9. The Labute approximate surface area is 244 Å². The van der Waals surface area contributed by atoms with Crippen molar-refractivity contribution in [3.8, 4) is 0 Å². The standard InChI is InChI=1S/C11H15N4O8P.C11H14N4O5/c12-11-13-7-4(8(18)14-11)1-2-15(7)9-5(16)6(17)10(23-9)22-3-24(19,20)21;12-11-13-8-4(9(19)14-11)1-2-15(8)10-7(18)6(17)5(3-16)20-10/h1-2,5-6,9-10,16-17H,3H2,(H2,19,20,21)(H3,12,13,14,18);1-2,5-7,10,16-18H,3H2,(H3,12,13,14,19)/t5-,6?,9+,10-;5-,6?,7+,10-/m01/s1. The predicted octanol–water partition coefficient (Wildman–Crippen LogP) is -4.05. The van der Waals surface area contributed by atoms with Crippen LogP contribution < -0.4 is 22.6 Å². The molecule has 2 fully saturated rings. The summed E-state index contributed by atoms with van der Waals surface area (Å²) in [6.45, 7) is -0.427. The van der Waals surface area contributed by atoms with Gasteiger partial charge in [-0.05, 0) is 12.1 Å². The number of rotatable bonds is 6. The molecule has 4 aromatic rings. The lowest BCUT2D eigenvalue weighted by Crippen LogP contribution is -2.33. The van der Waals surface area contributed by atoms with E-state index >= 15 is 0 Å². The lowest BCUT2D eigenvalue weighted by Gasteiger charge is -2.17. The number of anilines is 2. The number of aromatic nitrogens is 6. The first-order valence-electron chi connectivity index (χ1n) is 12.7. The van der Waals surface area contributed by atoms with Crippen molar-refractivity contribution < 1.29 is 54.1 Å². The molecule has 0 amide bonds. The highest BCUT2D eigenvalue weighted by Crippen LogP contribution is 2.38. The number of hydrogen-bond donors (Lipinski definition) is 11. The second-order valence-corrected chi connectivity index (χ2v) is 11.5. The number of nitrogens with zero attached hydrogens (tertiary/aromatic N) is 4. The van der Waals surface area contributed by atoms with Gasteiger partial charge in [-0.15, -0.1) is 0 Å². The van der Waals surface area contributed by atoms with Gasteiger partial charge in [-0.3, -0.25) is 24.1 Å². The molecule has 6 rings (SSSR count). The van der Waals surface area contributed by atoms with E-state index in [1.807, 2.05) is 0 Å². The van der Waals surface area contributed by atoms with Gasteiger partial charge in [0.15, 0.2) is 36.4 Å². The molecule has 0 aromatic carbocycles. The maximum absolute atomic E-state index is 11.8. The Morgan fingerprint density at radius 3 is 1.77 bits per heavy atom. The van der Waals surface area contributed by atoms with E-state index in [0.29, 0.717) is 0 Å². The number of aromatic amines is 2. The summed E-state index contributed by atoms with van der Waals surface area (Å²) in [6, 6.07) is 2.93. The molecule has 2 aliphatic rings. The fraction of sp³-hybridized carbons (Fsp3) is 0.455. The molecule has 4 aromatic heterocycles. The Morgan fingerprint density at radius 2 is 1.32 bits per heavy atom. The highest BCUT2D eigenvalue weighted by molar-refractivity contribution is 7.51. The van der Waals surface area contributed by atoms with Gasteiger partial charge in [-0.2, -0.15) is 9.97 Å². The summed E-state index contributed by atoms with van der Waals surface area (Å²) in [7, 11) is -4.47. The monoisotopic (exact) mass is 644 g/mol. The largest absolute Gasteiger partial charge is 0.394 e. The highest BCUT2D eigenvalue weighted by Gasteiger charge is 2.46. The van der Waals surface area contributed by atoms with E-state index in [1.54, 1.807) is 0 Å². The van der Waals surface area contributed by atoms with Crippen molar-refractivity contribution in [2.45, 2.75) is 49.3 Å². The van der Waals surface area contributed by atoms with Crippen molar-refractivity contribution in [2.75, 3.05) is 24.4 Å². The van der Waals surface area contributed by atoms with Crippen LogP contribution in [-0.4, -0.2) is 114 Å². The molecule has 2 saturated heterocycles. The zero-order valence-electron chi connectivity index (χ0n) is 22.3. The summed E-state index contributed by atoms with van der Waals surface area (Å²) < 4.78 is 29.0. The topological polar surface area (TPSA) is 340 Å². The molecule has 0 spiro atoms. The van der Waals surface area contributed by atoms with E-state index < -0.39 is 80.9 Å². The van der Waals surface area contributed by atoms with Crippen LogP contribution in [0, 0.1) is 0 Å². The Balaban J connectivity index is 0.000000177. The minimum Gasteiger partial charge on any atom is -0.394 e. The van der Waals surface area contributed by atoms with Gasteiger partial charge in [0.25, 0.3) is 11.1 Å². The fourth-order valence-electron chi connectivity index (χ4n) is 4.81. The molecular weight excluding hydrogens is 615 g/mol. The average molecular weight is 644 g/mol. The third kappa shape index (κ3) is 5.98. The maximum atomic E-state index is 11.8. The third-order valence-corrected chi connectivity index (χ3v) is 7.35. The molecule has 44 heavy (non-hydrogen) atoms. The summed E-state index contributed by atoms with van der Waals surface area (Å²) in [5.74, 6) is -0.205.